The van der Waals surface area contributed by atoms with Crippen LogP contribution in [-0.2, 0) is 4.79 Å². The van der Waals surface area contributed by atoms with Crippen molar-refractivity contribution >= 4 is 28.9 Å². The largest absolute Gasteiger partial charge is 0.493 e. The van der Waals surface area contributed by atoms with Crippen molar-refractivity contribution < 1.29 is 19.0 Å². The van der Waals surface area contributed by atoms with E-state index in [0.717, 1.165) is 17.3 Å². The lowest BCUT2D eigenvalue weighted by molar-refractivity contribution is -0.113. The molecular formula is C19H18N2O4S. The minimum atomic E-state index is -0.316. The first-order chi connectivity index (χ1) is 12.7. The zero-order chi connectivity index (χ0) is 18.4. The van der Waals surface area contributed by atoms with Gasteiger partial charge in [-0.15, -0.1) is 0 Å². The molecule has 2 N–H and O–H groups in total. The molecule has 0 saturated carbocycles. The molecule has 1 heterocycles. The summed E-state index contributed by atoms with van der Waals surface area (Å²) in [6.07, 6.45) is 1.74. The number of aliphatic imine (C=N–C) groups is 1. The molecule has 1 aliphatic heterocycles. The van der Waals surface area contributed by atoms with E-state index >= 15 is 0 Å². The number of hydrogen-bond acceptors (Lipinski definition) is 6. The second-order valence-corrected chi connectivity index (χ2v) is 6.35. The van der Waals surface area contributed by atoms with E-state index in [0.29, 0.717) is 35.4 Å². The third kappa shape index (κ3) is 4.58. The van der Waals surface area contributed by atoms with Gasteiger partial charge in [-0.3, -0.25) is 4.79 Å². The summed E-state index contributed by atoms with van der Waals surface area (Å²) in [7, 11) is 1.60. The summed E-state index contributed by atoms with van der Waals surface area (Å²) in [6.45, 7) is 0.756. The zero-order valence-electron chi connectivity index (χ0n) is 14.2. The second kappa shape index (κ2) is 8.44. The van der Waals surface area contributed by atoms with Gasteiger partial charge in [0.25, 0.3) is 5.91 Å². The van der Waals surface area contributed by atoms with Crippen LogP contribution in [0, 0.1) is 0 Å². The SMILES string of the molecule is COc1ccccc1OCCOc1cccc(/C=C2/SC(N)=NC2=O)c1. The molecule has 0 aromatic heterocycles. The number of para-hydroxylation sites is 2. The number of benzene rings is 2. The smallest absolute Gasteiger partial charge is 0.286 e. The first kappa shape index (κ1) is 17.9. The fourth-order valence-corrected chi connectivity index (χ4v) is 3.00. The number of methoxy groups -OCH3 is 1. The van der Waals surface area contributed by atoms with Crippen LogP contribution in [0.25, 0.3) is 6.08 Å². The van der Waals surface area contributed by atoms with Crippen LogP contribution < -0.4 is 19.9 Å². The molecule has 0 aliphatic carbocycles. The van der Waals surface area contributed by atoms with E-state index in [-0.39, 0.29) is 11.1 Å². The Morgan fingerprint density at radius 1 is 1.08 bits per heavy atom. The highest BCUT2D eigenvalue weighted by atomic mass is 32.2. The molecule has 0 radical (unpaired) electrons. The number of thioether (sulfide) groups is 1. The number of carbonyl (C=O) groups is 1. The second-order valence-electron chi connectivity index (χ2n) is 5.29. The molecule has 2 aromatic rings. The number of amides is 1. The number of nitrogens with two attached hydrogens (primary N) is 1. The molecule has 3 rings (SSSR count). The Balaban J connectivity index is 1.55. The van der Waals surface area contributed by atoms with Gasteiger partial charge in [0.1, 0.15) is 19.0 Å². The van der Waals surface area contributed by atoms with Gasteiger partial charge >= 0.3 is 0 Å². The Labute approximate surface area is 155 Å². The molecule has 0 spiro atoms. The van der Waals surface area contributed by atoms with Crippen LogP contribution in [0.2, 0.25) is 0 Å². The Bertz CT molecular complexity index is 864. The number of ether oxygens (including phenoxy) is 3. The van der Waals surface area contributed by atoms with Gasteiger partial charge in [0.2, 0.25) is 0 Å². The molecule has 2 aromatic carbocycles. The highest BCUT2D eigenvalue weighted by Crippen LogP contribution is 2.27. The maximum Gasteiger partial charge on any atom is 0.286 e. The predicted molar refractivity (Wildman–Crippen MR) is 103 cm³/mol. The van der Waals surface area contributed by atoms with Gasteiger partial charge in [0.05, 0.1) is 12.0 Å². The molecule has 0 saturated heterocycles. The van der Waals surface area contributed by atoms with Crippen molar-refractivity contribution in [1.82, 2.24) is 0 Å². The lowest BCUT2D eigenvalue weighted by Crippen LogP contribution is -2.09. The standard InChI is InChI=1S/C19H18N2O4S/c1-23-15-7-2-3-8-16(15)25-10-9-24-14-6-4-5-13(11-14)12-17-18(22)21-19(20)26-17/h2-8,11-12H,9-10H2,1H3,(H2,20,21,22)/b17-12+. The van der Waals surface area contributed by atoms with Crippen molar-refractivity contribution in [3.05, 3.63) is 59.0 Å². The number of hydrogen-bond donors (Lipinski definition) is 1. The highest BCUT2D eigenvalue weighted by Gasteiger charge is 2.19. The Morgan fingerprint density at radius 3 is 2.58 bits per heavy atom. The quantitative estimate of drug-likeness (QED) is 0.596. The van der Waals surface area contributed by atoms with Crippen LogP contribution in [0.3, 0.4) is 0 Å². The molecule has 1 aliphatic rings. The lowest BCUT2D eigenvalue weighted by atomic mass is 10.2. The Morgan fingerprint density at radius 2 is 1.85 bits per heavy atom. The van der Waals surface area contributed by atoms with E-state index in [1.54, 1.807) is 13.2 Å². The fraction of sp³-hybridized carbons (Fsp3) is 0.158. The van der Waals surface area contributed by atoms with Crippen LogP contribution in [0.15, 0.2) is 58.4 Å². The van der Waals surface area contributed by atoms with E-state index < -0.39 is 0 Å². The van der Waals surface area contributed by atoms with E-state index in [1.807, 2.05) is 48.5 Å². The van der Waals surface area contributed by atoms with Crippen LogP contribution in [0.4, 0.5) is 0 Å². The van der Waals surface area contributed by atoms with Crippen molar-refractivity contribution in [1.29, 1.82) is 0 Å². The topological polar surface area (TPSA) is 83.1 Å². The Hall–Kier alpha value is -2.93. The number of rotatable bonds is 7. The van der Waals surface area contributed by atoms with Gasteiger partial charge in [-0.1, -0.05) is 24.3 Å². The van der Waals surface area contributed by atoms with Gasteiger partial charge in [0.15, 0.2) is 16.7 Å². The number of amidine groups is 1. The summed E-state index contributed by atoms with van der Waals surface area (Å²) in [4.78, 5) is 15.8. The minimum Gasteiger partial charge on any atom is -0.493 e. The molecule has 1 amide bonds. The summed E-state index contributed by atoms with van der Waals surface area (Å²) in [5, 5.41) is 0.266. The van der Waals surface area contributed by atoms with Crippen LogP contribution in [-0.4, -0.2) is 31.4 Å². The average molecular weight is 370 g/mol. The average Bonchev–Trinajstić information content (AvgIpc) is 2.96. The molecule has 0 atom stereocenters. The maximum absolute atomic E-state index is 11.7. The summed E-state index contributed by atoms with van der Waals surface area (Å²) in [6, 6.07) is 14.9. The monoisotopic (exact) mass is 370 g/mol. The maximum atomic E-state index is 11.7. The van der Waals surface area contributed by atoms with E-state index in [4.69, 9.17) is 19.9 Å². The molecule has 0 unspecified atom stereocenters. The highest BCUT2D eigenvalue weighted by molar-refractivity contribution is 8.18. The lowest BCUT2D eigenvalue weighted by Gasteiger charge is -2.11. The molecule has 0 bridgehead atoms. The zero-order valence-corrected chi connectivity index (χ0v) is 15.0. The summed E-state index contributed by atoms with van der Waals surface area (Å²) in [5.74, 6) is 1.73. The predicted octanol–water partition coefficient (Wildman–Crippen LogP) is 3.08. The van der Waals surface area contributed by atoms with Crippen molar-refractivity contribution in [2.24, 2.45) is 10.7 Å². The van der Waals surface area contributed by atoms with E-state index in [1.165, 1.54) is 0 Å². The van der Waals surface area contributed by atoms with E-state index in [9.17, 15) is 4.79 Å². The first-order valence-corrected chi connectivity index (χ1v) is 8.74. The van der Waals surface area contributed by atoms with Gasteiger partial charge in [-0.2, -0.15) is 4.99 Å². The Kier molecular flexibility index (Phi) is 5.80. The van der Waals surface area contributed by atoms with Crippen LogP contribution >= 0.6 is 11.8 Å². The van der Waals surface area contributed by atoms with Crippen molar-refractivity contribution in [2.45, 2.75) is 0 Å². The molecule has 26 heavy (non-hydrogen) atoms. The van der Waals surface area contributed by atoms with Crippen molar-refractivity contribution in [2.75, 3.05) is 20.3 Å². The molecule has 0 fully saturated rings. The number of carbonyl (C=O) groups excluding carboxylic acids is 1. The van der Waals surface area contributed by atoms with Crippen molar-refractivity contribution in [3.8, 4) is 17.2 Å². The van der Waals surface area contributed by atoms with Crippen molar-refractivity contribution in [3.63, 3.8) is 0 Å². The molecule has 6 nitrogen and oxygen atoms in total. The van der Waals surface area contributed by atoms with Crippen LogP contribution in [0.5, 0.6) is 17.2 Å². The molecule has 7 heteroatoms. The summed E-state index contributed by atoms with van der Waals surface area (Å²) >= 11 is 1.16. The van der Waals surface area contributed by atoms with Crippen LogP contribution in [0.1, 0.15) is 5.56 Å². The summed E-state index contributed by atoms with van der Waals surface area (Å²) in [5.41, 5.74) is 6.39. The fourth-order valence-electron chi connectivity index (χ4n) is 2.32. The first-order valence-electron chi connectivity index (χ1n) is 7.92. The summed E-state index contributed by atoms with van der Waals surface area (Å²) < 4.78 is 16.6. The number of nitrogens with zero attached hydrogens (tertiary/aromatic N) is 1. The van der Waals surface area contributed by atoms with Gasteiger partial charge in [-0.25, -0.2) is 0 Å². The minimum absolute atomic E-state index is 0.266. The normalized spacial score (nSPS) is 15.0. The molecule has 134 valence electrons. The van der Waals surface area contributed by atoms with Gasteiger partial charge in [-0.05, 0) is 47.7 Å². The van der Waals surface area contributed by atoms with E-state index in [2.05, 4.69) is 4.99 Å². The van der Waals surface area contributed by atoms with Gasteiger partial charge < -0.3 is 19.9 Å². The third-order valence-corrected chi connectivity index (χ3v) is 4.28. The molecular weight excluding hydrogens is 352 g/mol. The third-order valence-electron chi connectivity index (χ3n) is 3.47. The van der Waals surface area contributed by atoms with Gasteiger partial charge in [0, 0.05) is 0 Å².